The molecule has 2 rings (SSSR count). The van der Waals surface area contributed by atoms with Gasteiger partial charge in [-0.3, -0.25) is 0 Å². The minimum absolute atomic E-state index is 0.0759. The Labute approximate surface area is 147 Å². The van der Waals surface area contributed by atoms with Crippen LogP contribution in [0.15, 0.2) is 42.5 Å². The monoisotopic (exact) mass is 331 g/mol. The zero-order chi connectivity index (χ0) is 18.7. The fourth-order valence-electron chi connectivity index (χ4n) is 2.29. The van der Waals surface area contributed by atoms with E-state index in [4.69, 9.17) is 4.74 Å². The second-order valence-electron chi connectivity index (χ2n) is 5.22. The van der Waals surface area contributed by atoms with Crippen molar-refractivity contribution in [3.05, 3.63) is 53.8 Å². The Hall–Kier alpha value is -2.03. The van der Waals surface area contributed by atoms with E-state index in [1.165, 1.54) is 0 Å². The largest absolute Gasteiger partial charge is 0.506 e. The highest BCUT2D eigenvalue weighted by Gasteiger charge is 2.28. The first-order valence-corrected chi connectivity index (χ1v) is 8.91. The second kappa shape index (κ2) is 11.5. The summed E-state index contributed by atoms with van der Waals surface area (Å²) >= 11 is 0. The van der Waals surface area contributed by atoms with Crippen molar-refractivity contribution in [1.29, 1.82) is 0 Å². The highest BCUT2D eigenvalue weighted by molar-refractivity contribution is 5.44. The van der Waals surface area contributed by atoms with Crippen molar-refractivity contribution in [3.8, 4) is 11.6 Å². The van der Waals surface area contributed by atoms with Gasteiger partial charge in [0.15, 0.2) is 0 Å². The van der Waals surface area contributed by atoms with Gasteiger partial charge in [0.1, 0.15) is 11.9 Å². The van der Waals surface area contributed by atoms with E-state index in [9.17, 15) is 5.11 Å². The van der Waals surface area contributed by atoms with E-state index < -0.39 is 0 Å². The van der Waals surface area contributed by atoms with E-state index in [1.807, 2.05) is 66.7 Å². The molecule has 134 valence electrons. The van der Waals surface area contributed by atoms with E-state index >= 15 is 0 Å². The van der Waals surface area contributed by atoms with E-state index in [2.05, 4.69) is 11.6 Å². The minimum atomic E-state index is -0.0759. The van der Waals surface area contributed by atoms with Gasteiger partial charge in [-0.05, 0) is 24.5 Å². The molecule has 1 unspecified atom stereocenters. The molecule has 3 heteroatoms. The summed E-state index contributed by atoms with van der Waals surface area (Å²) in [5, 5.41) is 10.0. The van der Waals surface area contributed by atoms with Gasteiger partial charge in [0.2, 0.25) is 5.88 Å². The predicted molar refractivity (Wildman–Crippen MR) is 104 cm³/mol. The molecule has 0 saturated heterocycles. The van der Waals surface area contributed by atoms with Gasteiger partial charge >= 0.3 is 0 Å². The highest BCUT2D eigenvalue weighted by Crippen LogP contribution is 2.36. The molecule has 1 aliphatic rings. The van der Waals surface area contributed by atoms with Crippen molar-refractivity contribution >= 4 is 0 Å². The quantitative estimate of drug-likeness (QED) is 0.693. The molecular formula is C21H33NO2. The van der Waals surface area contributed by atoms with Crippen LogP contribution in [0.4, 0.5) is 0 Å². The molecule has 1 aliphatic heterocycles. The SMILES string of the molecule is C=C/C(=C\C=C/C)C1Cc2cc(O)c(C(C)C)nc2O1.CC.CC. The van der Waals surface area contributed by atoms with Crippen molar-refractivity contribution in [2.45, 2.75) is 66.9 Å². The maximum atomic E-state index is 10.0. The molecule has 2 heterocycles. The number of nitrogens with zero attached hydrogens (tertiary/aromatic N) is 1. The molecule has 3 nitrogen and oxygen atoms in total. The number of aromatic hydroxyl groups is 1. The van der Waals surface area contributed by atoms with Crippen LogP contribution in [0, 0.1) is 0 Å². The summed E-state index contributed by atoms with van der Waals surface area (Å²) in [6.45, 7) is 17.8. The van der Waals surface area contributed by atoms with E-state index in [0.717, 1.165) is 11.1 Å². The zero-order valence-electron chi connectivity index (χ0n) is 16.3. The standard InChI is InChI=1S/C17H21NO2.2C2H6/c1-5-7-8-12(6-2)15-10-13-9-14(19)16(11(3)4)18-17(13)20-15;2*1-2/h5-9,11,15,19H,2,10H2,1,3-4H3;2*1-2H3/b7-5-,12-8+;;. The van der Waals surface area contributed by atoms with Crippen molar-refractivity contribution in [2.75, 3.05) is 0 Å². The maximum Gasteiger partial charge on any atom is 0.217 e. The molecule has 1 aromatic rings. The number of fused-ring (bicyclic) bond motifs is 1. The van der Waals surface area contributed by atoms with Crippen molar-refractivity contribution in [2.24, 2.45) is 0 Å². The van der Waals surface area contributed by atoms with Gasteiger partial charge in [0.25, 0.3) is 0 Å². The van der Waals surface area contributed by atoms with Gasteiger partial charge in [-0.2, -0.15) is 0 Å². The maximum absolute atomic E-state index is 10.0. The van der Waals surface area contributed by atoms with E-state index in [1.54, 1.807) is 12.1 Å². The molecule has 0 fully saturated rings. The van der Waals surface area contributed by atoms with Crippen LogP contribution in [0.25, 0.3) is 0 Å². The van der Waals surface area contributed by atoms with Crippen LogP contribution in [0.5, 0.6) is 11.6 Å². The van der Waals surface area contributed by atoms with Crippen LogP contribution < -0.4 is 4.74 Å². The Morgan fingerprint density at radius 1 is 1.33 bits per heavy atom. The zero-order valence-corrected chi connectivity index (χ0v) is 16.3. The van der Waals surface area contributed by atoms with Crippen molar-refractivity contribution in [3.63, 3.8) is 0 Å². The fraction of sp³-hybridized carbons (Fsp3) is 0.476. The molecule has 0 radical (unpaired) electrons. The van der Waals surface area contributed by atoms with Crippen LogP contribution in [0.2, 0.25) is 0 Å². The Morgan fingerprint density at radius 2 is 1.96 bits per heavy atom. The molecule has 0 saturated carbocycles. The molecular weight excluding hydrogens is 298 g/mol. The van der Waals surface area contributed by atoms with Gasteiger partial charge in [-0.1, -0.05) is 72.4 Å². The topological polar surface area (TPSA) is 42.4 Å². The number of aromatic nitrogens is 1. The number of ether oxygens (including phenoxy) is 1. The van der Waals surface area contributed by atoms with Gasteiger partial charge in [0, 0.05) is 12.0 Å². The Kier molecular flexibility index (Phi) is 10.5. The first-order valence-electron chi connectivity index (χ1n) is 8.91. The Bertz CT molecular complexity index is 571. The molecule has 1 atom stereocenters. The molecule has 0 spiro atoms. The van der Waals surface area contributed by atoms with E-state index in [0.29, 0.717) is 18.0 Å². The van der Waals surface area contributed by atoms with Crippen LogP contribution in [0.3, 0.4) is 0 Å². The predicted octanol–water partition coefficient (Wildman–Crippen LogP) is 5.96. The van der Waals surface area contributed by atoms with Crippen molar-refractivity contribution < 1.29 is 9.84 Å². The Balaban J connectivity index is 0.00000123. The van der Waals surface area contributed by atoms with Crippen molar-refractivity contribution in [1.82, 2.24) is 4.98 Å². The van der Waals surface area contributed by atoms with Gasteiger partial charge in [-0.25, -0.2) is 4.98 Å². The fourth-order valence-corrected chi connectivity index (χ4v) is 2.29. The lowest BCUT2D eigenvalue weighted by molar-refractivity contribution is 0.264. The van der Waals surface area contributed by atoms with Gasteiger partial charge < -0.3 is 9.84 Å². The summed E-state index contributed by atoms with van der Waals surface area (Å²) in [5.74, 6) is 1.05. The third-order valence-corrected chi connectivity index (χ3v) is 3.36. The normalized spacial score (nSPS) is 15.8. The number of rotatable bonds is 4. The van der Waals surface area contributed by atoms with Crippen LogP contribution >= 0.6 is 0 Å². The highest BCUT2D eigenvalue weighted by atomic mass is 16.5. The average molecular weight is 332 g/mol. The third kappa shape index (κ3) is 5.55. The molecule has 0 aromatic carbocycles. The van der Waals surface area contributed by atoms with Crippen LogP contribution in [0.1, 0.15) is 65.6 Å². The summed E-state index contributed by atoms with van der Waals surface area (Å²) in [4.78, 5) is 4.45. The second-order valence-corrected chi connectivity index (χ2v) is 5.22. The first kappa shape index (κ1) is 22.0. The molecule has 0 aliphatic carbocycles. The van der Waals surface area contributed by atoms with E-state index in [-0.39, 0.29) is 17.8 Å². The smallest absolute Gasteiger partial charge is 0.217 e. The molecule has 0 bridgehead atoms. The lowest BCUT2D eigenvalue weighted by Gasteiger charge is -2.11. The third-order valence-electron chi connectivity index (χ3n) is 3.36. The lowest BCUT2D eigenvalue weighted by atomic mass is 10.0. The summed E-state index contributed by atoms with van der Waals surface area (Å²) < 4.78 is 5.91. The Morgan fingerprint density at radius 3 is 2.46 bits per heavy atom. The summed E-state index contributed by atoms with van der Waals surface area (Å²) in [6, 6.07) is 1.77. The first-order chi connectivity index (χ1) is 11.6. The molecule has 1 N–H and O–H groups in total. The molecule has 1 aromatic heterocycles. The summed E-state index contributed by atoms with van der Waals surface area (Å²) in [7, 11) is 0. The lowest BCUT2D eigenvalue weighted by Crippen LogP contribution is -2.15. The van der Waals surface area contributed by atoms with Gasteiger partial charge in [0.05, 0.1) is 5.69 Å². The number of allylic oxidation sites excluding steroid dienone is 3. The van der Waals surface area contributed by atoms with Crippen LogP contribution in [-0.4, -0.2) is 16.2 Å². The summed E-state index contributed by atoms with van der Waals surface area (Å²) in [6.07, 6.45) is 8.37. The number of hydrogen-bond donors (Lipinski definition) is 1. The molecule has 0 amide bonds. The number of pyridine rings is 1. The minimum Gasteiger partial charge on any atom is -0.506 e. The summed E-state index contributed by atoms with van der Waals surface area (Å²) in [5.41, 5.74) is 2.65. The van der Waals surface area contributed by atoms with Crippen LogP contribution in [-0.2, 0) is 6.42 Å². The number of hydrogen-bond acceptors (Lipinski definition) is 3. The molecule has 24 heavy (non-hydrogen) atoms. The average Bonchev–Trinajstić information content (AvgIpc) is 3.00. The van der Waals surface area contributed by atoms with Gasteiger partial charge in [-0.15, -0.1) is 0 Å².